The Bertz CT molecular complexity index is 757. The lowest BCUT2D eigenvalue weighted by Gasteiger charge is -2.08. The van der Waals surface area contributed by atoms with Crippen LogP contribution in [-0.4, -0.2) is 23.1 Å². The van der Waals surface area contributed by atoms with Gasteiger partial charge in [0.05, 0.1) is 0 Å². The molecule has 1 N–H and O–H groups in total. The van der Waals surface area contributed by atoms with Crippen molar-refractivity contribution in [2.75, 3.05) is 6.61 Å². The molecule has 0 aliphatic rings. The van der Waals surface area contributed by atoms with Gasteiger partial charge in [-0.05, 0) is 12.1 Å². The lowest BCUT2D eigenvalue weighted by atomic mass is 10.2. The van der Waals surface area contributed by atoms with Gasteiger partial charge in [-0.3, -0.25) is 14.4 Å². The molecule has 0 saturated carbocycles. The van der Waals surface area contributed by atoms with Crippen molar-refractivity contribution >= 4 is 11.9 Å². The van der Waals surface area contributed by atoms with Gasteiger partial charge in [0.25, 0.3) is 11.5 Å². The van der Waals surface area contributed by atoms with Crippen LogP contribution in [0.4, 0.5) is 4.39 Å². The van der Waals surface area contributed by atoms with E-state index >= 15 is 0 Å². The second-order valence-corrected chi connectivity index (χ2v) is 4.70. The number of aromatic nitrogens is 1. The van der Waals surface area contributed by atoms with Crippen LogP contribution in [0.2, 0.25) is 0 Å². The number of benzene rings is 1. The van der Waals surface area contributed by atoms with Gasteiger partial charge in [0.1, 0.15) is 12.4 Å². The summed E-state index contributed by atoms with van der Waals surface area (Å²) in [5.74, 6) is -1.69. The Balaban J connectivity index is 1.76. The molecule has 120 valence electrons. The van der Waals surface area contributed by atoms with Gasteiger partial charge in [0.2, 0.25) is 0 Å². The number of nitrogens with zero attached hydrogens (tertiary/aromatic N) is 1. The summed E-state index contributed by atoms with van der Waals surface area (Å²) in [5.41, 5.74) is -0.00327. The van der Waals surface area contributed by atoms with E-state index in [2.05, 4.69) is 5.32 Å². The number of ether oxygens (including phenoxy) is 1. The molecule has 23 heavy (non-hydrogen) atoms. The first-order chi connectivity index (χ1) is 11.1. The number of halogens is 1. The molecule has 0 saturated heterocycles. The maximum Gasteiger partial charge on any atom is 0.326 e. The second kappa shape index (κ2) is 7.88. The van der Waals surface area contributed by atoms with Crippen LogP contribution in [0, 0.1) is 5.82 Å². The largest absolute Gasteiger partial charge is 0.454 e. The highest BCUT2D eigenvalue weighted by Gasteiger charge is 2.09. The average molecular weight is 318 g/mol. The third-order valence-corrected chi connectivity index (χ3v) is 3.00. The Hall–Kier alpha value is -2.96. The molecule has 1 aromatic heterocycles. The zero-order chi connectivity index (χ0) is 16.7. The van der Waals surface area contributed by atoms with Gasteiger partial charge in [0, 0.05) is 24.4 Å². The number of nitrogens with one attached hydrogen (secondary N) is 1. The minimum atomic E-state index is -0.709. The van der Waals surface area contributed by atoms with Gasteiger partial charge in [-0.1, -0.05) is 24.3 Å². The number of carbonyl (C=O) groups excluding carboxylic acids is 2. The minimum absolute atomic E-state index is 0.00119. The molecule has 0 radical (unpaired) electrons. The SMILES string of the molecule is O=C(COC(=O)Cn1ccccc1=O)NCc1ccccc1F. The highest BCUT2D eigenvalue weighted by molar-refractivity contribution is 5.80. The average Bonchev–Trinajstić information content (AvgIpc) is 2.54. The van der Waals surface area contributed by atoms with Crippen molar-refractivity contribution in [3.05, 3.63) is 70.4 Å². The third kappa shape index (κ3) is 5.06. The fourth-order valence-corrected chi connectivity index (χ4v) is 1.81. The molecule has 0 aliphatic carbocycles. The lowest BCUT2D eigenvalue weighted by molar-refractivity contribution is -0.149. The quantitative estimate of drug-likeness (QED) is 0.801. The van der Waals surface area contributed by atoms with Crippen molar-refractivity contribution in [3.63, 3.8) is 0 Å². The van der Waals surface area contributed by atoms with Crippen LogP contribution in [-0.2, 0) is 27.4 Å². The molecule has 0 fully saturated rings. The maximum absolute atomic E-state index is 13.4. The van der Waals surface area contributed by atoms with Crippen LogP contribution in [0.3, 0.4) is 0 Å². The second-order valence-electron chi connectivity index (χ2n) is 4.70. The van der Waals surface area contributed by atoms with E-state index in [1.807, 2.05) is 0 Å². The molecule has 2 rings (SSSR count). The first-order valence-corrected chi connectivity index (χ1v) is 6.87. The topological polar surface area (TPSA) is 77.4 Å². The van der Waals surface area contributed by atoms with Crippen molar-refractivity contribution in [1.82, 2.24) is 9.88 Å². The molecule has 0 spiro atoms. The van der Waals surface area contributed by atoms with E-state index in [-0.39, 0.29) is 18.6 Å². The molecule has 7 heteroatoms. The Morgan fingerprint density at radius 2 is 1.87 bits per heavy atom. The minimum Gasteiger partial charge on any atom is -0.454 e. The standard InChI is InChI=1S/C16H15FN2O4/c17-13-6-2-1-5-12(13)9-18-14(20)11-23-16(22)10-19-8-4-3-7-15(19)21/h1-8H,9-11H2,(H,18,20). The Labute approximate surface area is 131 Å². The summed E-state index contributed by atoms with van der Waals surface area (Å²) in [6.45, 7) is -0.768. The molecular weight excluding hydrogens is 303 g/mol. The van der Waals surface area contributed by atoms with Crippen LogP contribution < -0.4 is 10.9 Å². The number of hydrogen-bond donors (Lipinski definition) is 1. The molecule has 2 aromatic rings. The molecule has 1 aromatic carbocycles. The van der Waals surface area contributed by atoms with Gasteiger partial charge in [-0.2, -0.15) is 0 Å². The normalized spacial score (nSPS) is 10.1. The predicted octanol–water partition coefficient (Wildman–Crippen LogP) is 0.847. The van der Waals surface area contributed by atoms with Crippen molar-refractivity contribution < 1.29 is 18.7 Å². The summed E-state index contributed by atoms with van der Waals surface area (Å²) < 4.78 is 19.3. The summed E-state index contributed by atoms with van der Waals surface area (Å²) in [4.78, 5) is 34.6. The molecule has 6 nitrogen and oxygen atoms in total. The molecule has 0 bridgehead atoms. The number of amides is 1. The van der Waals surface area contributed by atoms with Gasteiger partial charge >= 0.3 is 5.97 Å². The zero-order valence-electron chi connectivity index (χ0n) is 12.2. The lowest BCUT2D eigenvalue weighted by Crippen LogP contribution is -2.30. The monoisotopic (exact) mass is 318 g/mol. The molecular formula is C16H15FN2O4. The summed E-state index contributed by atoms with van der Waals surface area (Å²) in [7, 11) is 0. The highest BCUT2D eigenvalue weighted by atomic mass is 19.1. The number of pyridine rings is 1. The number of carbonyl (C=O) groups is 2. The van der Waals surface area contributed by atoms with Gasteiger partial charge in [-0.25, -0.2) is 4.39 Å². The van der Waals surface area contributed by atoms with Crippen LogP contribution in [0.1, 0.15) is 5.56 Å². The first kappa shape index (κ1) is 16.4. The number of esters is 1. The highest BCUT2D eigenvalue weighted by Crippen LogP contribution is 2.05. The molecule has 1 amide bonds. The molecule has 1 heterocycles. The van der Waals surface area contributed by atoms with Crippen LogP contribution in [0.5, 0.6) is 0 Å². The number of hydrogen-bond acceptors (Lipinski definition) is 4. The van der Waals surface area contributed by atoms with Crippen LogP contribution >= 0.6 is 0 Å². The van der Waals surface area contributed by atoms with E-state index < -0.39 is 24.3 Å². The van der Waals surface area contributed by atoms with E-state index in [4.69, 9.17) is 4.74 Å². The van der Waals surface area contributed by atoms with Crippen LogP contribution in [0.15, 0.2) is 53.5 Å². The third-order valence-electron chi connectivity index (χ3n) is 3.00. The zero-order valence-corrected chi connectivity index (χ0v) is 12.2. The van der Waals surface area contributed by atoms with E-state index in [0.717, 1.165) is 0 Å². The van der Waals surface area contributed by atoms with Crippen LogP contribution in [0.25, 0.3) is 0 Å². The number of rotatable bonds is 6. The van der Waals surface area contributed by atoms with Gasteiger partial charge < -0.3 is 14.6 Å². The van der Waals surface area contributed by atoms with Crippen molar-refractivity contribution in [2.45, 2.75) is 13.1 Å². The van der Waals surface area contributed by atoms with Gasteiger partial charge in [-0.15, -0.1) is 0 Å². The van der Waals surface area contributed by atoms with Crippen molar-refractivity contribution in [3.8, 4) is 0 Å². The smallest absolute Gasteiger partial charge is 0.326 e. The summed E-state index contributed by atoms with van der Waals surface area (Å²) in [5, 5.41) is 2.45. The maximum atomic E-state index is 13.4. The van der Waals surface area contributed by atoms with Gasteiger partial charge in [0.15, 0.2) is 6.61 Å². The fourth-order valence-electron chi connectivity index (χ4n) is 1.81. The van der Waals surface area contributed by atoms with Crippen molar-refractivity contribution in [2.24, 2.45) is 0 Å². The predicted molar refractivity (Wildman–Crippen MR) is 79.9 cm³/mol. The molecule has 0 atom stereocenters. The Morgan fingerprint density at radius 3 is 2.61 bits per heavy atom. The molecule has 0 unspecified atom stereocenters. The Kier molecular flexibility index (Phi) is 5.62. The Morgan fingerprint density at radius 1 is 1.13 bits per heavy atom. The fraction of sp³-hybridized carbons (Fsp3) is 0.188. The van der Waals surface area contributed by atoms with E-state index in [0.29, 0.717) is 5.56 Å². The van der Waals surface area contributed by atoms with E-state index in [1.165, 1.54) is 22.9 Å². The molecule has 0 aliphatic heterocycles. The summed E-state index contributed by atoms with van der Waals surface area (Å²) >= 11 is 0. The van der Waals surface area contributed by atoms with E-state index in [1.54, 1.807) is 30.3 Å². The summed E-state index contributed by atoms with van der Waals surface area (Å²) in [6.07, 6.45) is 1.45. The van der Waals surface area contributed by atoms with E-state index in [9.17, 15) is 18.8 Å². The van der Waals surface area contributed by atoms with Crippen molar-refractivity contribution in [1.29, 1.82) is 0 Å². The first-order valence-electron chi connectivity index (χ1n) is 6.87. The summed E-state index contributed by atoms with van der Waals surface area (Å²) in [6, 6.07) is 10.5.